The number of hydrogen-bond acceptors (Lipinski definition) is 4. The topological polar surface area (TPSA) is 95.6 Å². The van der Waals surface area contributed by atoms with Crippen molar-refractivity contribution >= 4 is 27.5 Å². The van der Waals surface area contributed by atoms with E-state index in [1.54, 1.807) is 17.0 Å². The smallest absolute Gasteiger partial charge is 0.240 e. The maximum absolute atomic E-state index is 12.4. The average molecular weight is 381 g/mol. The number of hydrogen-bond donors (Lipinski definition) is 2. The molecule has 26 heavy (non-hydrogen) atoms. The molecular weight excluding hydrogens is 354 g/mol. The van der Waals surface area contributed by atoms with Crippen molar-refractivity contribution in [1.29, 1.82) is 0 Å². The van der Waals surface area contributed by atoms with Gasteiger partial charge in [-0.15, -0.1) is 0 Å². The molecule has 2 amide bonds. The fourth-order valence-electron chi connectivity index (χ4n) is 2.81. The van der Waals surface area contributed by atoms with Gasteiger partial charge in [0, 0.05) is 30.7 Å². The molecule has 0 aromatic heterocycles. The molecule has 8 heteroatoms. The van der Waals surface area contributed by atoms with Crippen molar-refractivity contribution in [3.05, 3.63) is 24.3 Å². The third-order valence-electron chi connectivity index (χ3n) is 4.28. The van der Waals surface area contributed by atoms with Crippen molar-refractivity contribution in [3.63, 3.8) is 0 Å². The molecule has 1 aromatic carbocycles. The molecule has 144 valence electrons. The average Bonchev–Trinajstić information content (AvgIpc) is 2.96. The van der Waals surface area contributed by atoms with Crippen LogP contribution in [0.5, 0.6) is 0 Å². The predicted octanol–water partition coefficient (Wildman–Crippen LogP) is 1.96. The highest BCUT2D eigenvalue weighted by Crippen LogP contribution is 2.26. The Morgan fingerprint density at radius 3 is 2.35 bits per heavy atom. The van der Waals surface area contributed by atoms with Gasteiger partial charge in [-0.05, 0) is 51.5 Å². The molecule has 2 rings (SSSR count). The van der Waals surface area contributed by atoms with Gasteiger partial charge in [0.1, 0.15) is 0 Å². The molecular formula is C18H27N3O4S. The van der Waals surface area contributed by atoms with Crippen molar-refractivity contribution in [3.8, 4) is 0 Å². The van der Waals surface area contributed by atoms with Gasteiger partial charge < -0.3 is 10.2 Å². The van der Waals surface area contributed by atoms with Crippen LogP contribution in [0.3, 0.4) is 0 Å². The summed E-state index contributed by atoms with van der Waals surface area (Å²) in [6.45, 7) is 8.48. The number of sulfonamides is 1. The molecule has 1 fully saturated rings. The number of nitrogens with zero attached hydrogens (tertiary/aromatic N) is 1. The van der Waals surface area contributed by atoms with E-state index < -0.39 is 15.9 Å². The zero-order chi connectivity index (χ0) is 19.5. The summed E-state index contributed by atoms with van der Waals surface area (Å²) in [4.78, 5) is 26.4. The highest BCUT2D eigenvalue weighted by Gasteiger charge is 2.39. The summed E-state index contributed by atoms with van der Waals surface area (Å²) < 4.78 is 26.6. The van der Waals surface area contributed by atoms with Gasteiger partial charge in [0.25, 0.3) is 0 Å². The minimum absolute atomic E-state index is 0.0268. The molecule has 0 radical (unpaired) electrons. The maximum Gasteiger partial charge on any atom is 0.240 e. The van der Waals surface area contributed by atoms with Crippen molar-refractivity contribution < 1.29 is 18.0 Å². The van der Waals surface area contributed by atoms with Crippen LogP contribution in [0.15, 0.2) is 29.2 Å². The van der Waals surface area contributed by atoms with Crippen LogP contribution in [0.2, 0.25) is 0 Å². The van der Waals surface area contributed by atoms with E-state index in [0.29, 0.717) is 25.2 Å². The molecule has 1 heterocycles. The highest BCUT2D eigenvalue weighted by molar-refractivity contribution is 7.89. The van der Waals surface area contributed by atoms with E-state index in [4.69, 9.17) is 0 Å². The molecule has 0 spiro atoms. The summed E-state index contributed by atoms with van der Waals surface area (Å²) in [6, 6.07) is 6.01. The minimum atomic E-state index is -3.53. The fourth-order valence-corrected chi connectivity index (χ4v) is 3.95. The van der Waals surface area contributed by atoms with Crippen LogP contribution in [-0.2, 0) is 19.6 Å². The molecule has 0 bridgehead atoms. The molecule has 1 aliphatic heterocycles. The molecule has 1 atom stereocenters. The second kappa shape index (κ2) is 7.75. The number of anilines is 1. The van der Waals surface area contributed by atoms with Crippen molar-refractivity contribution in [2.24, 2.45) is 5.92 Å². The Morgan fingerprint density at radius 2 is 1.85 bits per heavy atom. The standard InChI is InChI=1S/C18H27N3O4S/c1-5-10-19-26(24,25)15-8-6-14(7-9-15)20-17(23)13-11-16(22)21(12-13)18(2,3)4/h6-9,13,19H,5,10-12H2,1-4H3,(H,20,23). The highest BCUT2D eigenvalue weighted by atomic mass is 32.2. The summed E-state index contributed by atoms with van der Waals surface area (Å²) in [5, 5.41) is 2.77. The molecule has 0 saturated carbocycles. The molecule has 1 saturated heterocycles. The Morgan fingerprint density at radius 1 is 1.23 bits per heavy atom. The summed E-state index contributed by atoms with van der Waals surface area (Å²) in [5.41, 5.74) is 0.194. The third-order valence-corrected chi connectivity index (χ3v) is 5.76. The van der Waals surface area contributed by atoms with Crippen LogP contribution in [-0.4, -0.2) is 43.8 Å². The first-order valence-electron chi connectivity index (χ1n) is 8.75. The van der Waals surface area contributed by atoms with E-state index in [-0.39, 0.29) is 28.7 Å². The number of carbonyl (C=O) groups excluding carboxylic acids is 2. The van der Waals surface area contributed by atoms with Gasteiger partial charge in [-0.25, -0.2) is 13.1 Å². The van der Waals surface area contributed by atoms with Crippen LogP contribution in [0.1, 0.15) is 40.5 Å². The van der Waals surface area contributed by atoms with Crippen LogP contribution < -0.4 is 10.0 Å². The first-order chi connectivity index (χ1) is 12.0. The van der Waals surface area contributed by atoms with Gasteiger partial charge >= 0.3 is 0 Å². The van der Waals surface area contributed by atoms with Gasteiger partial charge in [-0.2, -0.15) is 0 Å². The van der Waals surface area contributed by atoms with Crippen molar-refractivity contribution in [2.75, 3.05) is 18.4 Å². The van der Waals surface area contributed by atoms with Crippen LogP contribution in [0.25, 0.3) is 0 Å². The fraction of sp³-hybridized carbons (Fsp3) is 0.556. The van der Waals surface area contributed by atoms with Crippen LogP contribution in [0.4, 0.5) is 5.69 Å². The van der Waals surface area contributed by atoms with Crippen molar-refractivity contribution in [2.45, 2.75) is 51.0 Å². The zero-order valence-corrected chi connectivity index (χ0v) is 16.5. The summed E-state index contributed by atoms with van der Waals surface area (Å²) in [6.07, 6.45) is 0.898. The van der Waals surface area contributed by atoms with Gasteiger partial charge in [0.15, 0.2) is 0 Å². The number of rotatable bonds is 6. The molecule has 1 aliphatic rings. The summed E-state index contributed by atoms with van der Waals surface area (Å²) >= 11 is 0. The van der Waals surface area contributed by atoms with E-state index in [1.165, 1.54) is 12.1 Å². The lowest BCUT2D eigenvalue weighted by Crippen LogP contribution is -2.42. The van der Waals surface area contributed by atoms with E-state index in [2.05, 4.69) is 10.0 Å². The molecule has 1 aromatic rings. The van der Waals surface area contributed by atoms with Gasteiger partial charge in [-0.1, -0.05) is 6.92 Å². The van der Waals surface area contributed by atoms with Crippen LogP contribution in [0, 0.1) is 5.92 Å². The lowest BCUT2D eigenvalue weighted by Gasteiger charge is -2.31. The van der Waals surface area contributed by atoms with Gasteiger partial charge in [0.05, 0.1) is 10.8 Å². The lowest BCUT2D eigenvalue weighted by atomic mass is 10.1. The monoisotopic (exact) mass is 381 g/mol. The van der Waals surface area contributed by atoms with Crippen LogP contribution >= 0.6 is 0 Å². The lowest BCUT2D eigenvalue weighted by molar-refractivity contribution is -0.131. The van der Waals surface area contributed by atoms with E-state index in [0.717, 1.165) is 0 Å². The minimum Gasteiger partial charge on any atom is -0.337 e. The summed E-state index contributed by atoms with van der Waals surface area (Å²) in [7, 11) is -3.53. The summed E-state index contributed by atoms with van der Waals surface area (Å²) in [5.74, 6) is -0.665. The Kier molecular flexibility index (Phi) is 6.08. The SMILES string of the molecule is CCCNS(=O)(=O)c1ccc(NC(=O)C2CC(=O)N(C(C)(C)C)C2)cc1. The Bertz CT molecular complexity index is 767. The number of amides is 2. The molecule has 0 aliphatic carbocycles. The quantitative estimate of drug-likeness (QED) is 0.787. The normalized spacial score (nSPS) is 18.2. The first-order valence-corrected chi connectivity index (χ1v) is 10.2. The van der Waals surface area contributed by atoms with E-state index in [9.17, 15) is 18.0 Å². The van der Waals surface area contributed by atoms with Crippen molar-refractivity contribution in [1.82, 2.24) is 9.62 Å². The van der Waals surface area contributed by atoms with Gasteiger partial charge in [-0.3, -0.25) is 9.59 Å². The Hall–Kier alpha value is -1.93. The second-order valence-electron chi connectivity index (χ2n) is 7.49. The van der Waals surface area contributed by atoms with E-state index >= 15 is 0 Å². The molecule has 2 N–H and O–H groups in total. The molecule has 7 nitrogen and oxygen atoms in total. The van der Waals surface area contributed by atoms with Gasteiger partial charge in [0.2, 0.25) is 21.8 Å². The zero-order valence-electron chi connectivity index (χ0n) is 15.7. The Labute approximate surface area is 155 Å². The maximum atomic E-state index is 12.4. The van der Waals surface area contributed by atoms with E-state index in [1.807, 2.05) is 27.7 Å². The number of likely N-dealkylation sites (tertiary alicyclic amines) is 1. The number of benzene rings is 1. The Balaban J connectivity index is 2.01. The molecule has 1 unspecified atom stereocenters. The largest absolute Gasteiger partial charge is 0.337 e. The number of carbonyl (C=O) groups is 2. The number of nitrogens with one attached hydrogen (secondary N) is 2. The predicted molar refractivity (Wildman–Crippen MR) is 100 cm³/mol. The second-order valence-corrected chi connectivity index (χ2v) is 9.25. The first kappa shape index (κ1) is 20.4. The third kappa shape index (κ3) is 4.82.